The topological polar surface area (TPSA) is 186 Å². The highest BCUT2D eigenvalue weighted by atomic mass is 16.5. The fraction of sp³-hybridized carbons (Fsp3) is 0.607. The van der Waals surface area contributed by atoms with E-state index in [4.69, 9.17) is 14.2 Å². The van der Waals surface area contributed by atoms with Crippen molar-refractivity contribution in [1.29, 1.82) is 0 Å². The summed E-state index contributed by atoms with van der Waals surface area (Å²) >= 11 is 0. The molecule has 12 heteroatoms. The van der Waals surface area contributed by atoms with E-state index in [1.165, 1.54) is 46.3 Å². The summed E-state index contributed by atoms with van der Waals surface area (Å²) in [6.07, 6.45) is -0.325. The molecule has 0 radical (unpaired) electrons. The van der Waals surface area contributed by atoms with Gasteiger partial charge < -0.3 is 34.8 Å². The maximum atomic E-state index is 13.7. The molecule has 0 aromatic heterocycles. The van der Waals surface area contributed by atoms with Crippen LogP contribution in [-0.2, 0) is 44.6 Å². The summed E-state index contributed by atoms with van der Waals surface area (Å²) in [4.78, 5) is 63.4. The first kappa shape index (κ1) is 34.2. The minimum atomic E-state index is -1.24. The van der Waals surface area contributed by atoms with Crippen LogP contribution in [0.15, 0.2) is 18.2 Å². The highest BCUT2D eigenvalue weighted by Gasteiger charge is 2.42. The first-order valence-electron chi connectivity index (χ1n) is 12.8. The molecule has 1 rings (SSSR count). The number of carbonyl (C=O) groups is 5. The molecule has 4 unspecified atom stereocenters. The Hall–Kier alpha value is -3.83. The Labute approximate surface area is 234 Å². The van der Waals surface area contributed by atoms with Crippen LogP contribution in [0.25, 0.3) is 0 Å². The Bertz CT molecular complexity index is 1080. The quantitative estimate of drug-likeness (QED) is 0.139. The van der Waals surface area contributed by atoms with Crippen LogP contribution >= 0.6 is 0 Å². The van der Waals surface area contributed by atoms with E-state index in [-0.39, 0.29) is 37.9 Å². The van der Waals surface area contributed by atoms with Crippen molar-refractivity contribution < 1.29 is 53.5 Å². The molecule has 0 bridgehead atoms. The second-order valence-electron chi connectivity index (χ2n) is 10.8. The highest BCUT2D eigenvalue weighted by molar-refractivity contribution is 5.87. The first-order valence-corrected chi connectivity index (χ1v) is 12.8. The normalized spacial score (nSPS) is 15.1. The van der Waals surface area contributed by atoms with Gasteiger partial charge in [-0.25, -0.2) is 4.79 Å². The van der Waals surface area contributed by atoms with Gasteiger partial charge in [-0.1, -0.05) is 13.0 Å². The zero-order valence-electron chi connectivity index (χ0n) is 24.1. The number of hydrogen-bond donors (Lipinski definition) is 4. The number of ether oxygens (including phenoxy) is 3. The number of methoxy groups -OCH3 is 3. The number of carbonyl (C=O) groups excluding carboxylic acids is 4. The smallest absolute Gasteiger partial charge is 0.328 e. The molecule has 40 heavy (non-hydrogen) atoms. The summed E-state index contributed by atoms with van der Waals surface area (Å²) in [6.45, 7) is 6.41. The average molecular weight is 568 g/mol. The lowest BCUT2D eigenvalue weighted by Crippen LogP contribution is -2.47. The second kappa shape index (κ2) is 14.5. The molecule has 1 amide bonds. The van der Waals surface area contributed by atoms with Crippen molar-refractivity contribution >= 4 is 29.8 Å². The molecule has 4 N–H and O–H groups in total. The number of amides is 1. The number of esters is 3. The van der Waals surface area contributed by atoms with Crippen LogP contribution in [0.5, 0.6) is 11.5 Å². The Morgan fingerprint density at radius 2 is 1.48 bits per heavy atom. The molecule has 0 aliphatic rings. The number of phenols is 2. The summed E-state index contributed by atoms with van der Waals surface area (Å²) in [5.41, 5.74) is -1.93. The molecule has 4 atom stereocenters. The summed E-state index contributed by atoms with van der Waals surface area (Å²) < 4.78 is 14.6. The van der Waals surface area contributed by atoms with Gasteiger partial charge in [0.05, 0.1) is 38.1 Å². The predicted molar refractivity (Wildman–Crippen MR) is 142 cm³/mol. The lowest BCUT2D eigenvalue weighted by molar-refractivity contribution is -0.155. The predicted octanol–water partition coefficient (Wildman–Crippen LogP) is 2.57. The van der Waals surface area contributed by atoms with Crippen LogP contribution in [0.4, 0.5) is 0 Å². The van der Waals surface area contributed by atoms with E-state index in [0.717, 1.165) is 7.11 Å². The fourth-order valence-electron chi connectivity index (χ4n) is 4.59. The number of aromatic hydroxyl groups is 2. The minimum Gasteiger partial charge on any atom is -0.504 e. The van der Waals surface area contributed by atoms with E-state index in [0.29, 0.717) is 5.56 Å². The number of phenolic OH excluding ortho intramolecular Hbond substituents is 2. The molecule has 0 fully saturated rings. The third kappa shape index (κ3) is 9.13. The third-order valence-electron chi connectivity index (χ3n) is 7.22. The highest BCUT2D eigenvalue weighted by Crippen LogP contribution is 2.37. The number of carboxylic acids is 1. The first-order chi connectivity index (χ1) is 18.5. The van der Waals surface area contributed by atoms with Gasteiger partial charge in [0.25, 0.3) is 0 Å². The van der Waals surface area contributed by atoms with Crippen molar-refractivity contribution in [3.8, 4) is 11.5 Å². The molecule has 0 saturated heterocycles. The number of rotatable bonds is 15. The van der Waals surface area contributed by atoms with E-state index in [2.05, 4.69) is 5.32 Å². The Morgan fingerprint density at radius 3 is 1.95 bits per heavy atom. The van der Waals surface area contributed by atoms with E-state index in [9.17, 15) is 39.3 Å². The molecule has 12 nitrogen and oxygen atoms in total. The van der Waals surface area contributed by atoms with E-state index >= 15 is 0 Å². The average Bonchev–Trinajstić information content (AvgIpc) is 2.91. The van der Waals surface area contributed by atoms with Crippen LogP contribution in [-0.4, -0.2) is 72.5 Å². The van der Waals surface area contributed by atoms with Gasteiger partial charge in [-0.05, 0) is 64.2 Å². The standard InChI is InChI=1S/C28H41NO11/c1-8-28(4,26(37)40-7)15-17(13-18(23(33)34)14-27(2,3)25(36)39-6)22(32)29-19(24(35)38-5)11-16-9-10-20(30)21(31)12-16/h9-10,12,17-19,30-31H,8,11,13-15H2,1-7H3,(H,29,32)(H,33,34). The zero-order valence-corrected chi connectivity index (χ0v) is 24.1. The Kier molecular flexibility index (Phi) is 12.4. The van der Waals surface area contributed by atoms with Gasteiger partial charge in [-0.15, -0.1) is 0 Å². The molecule has 0 spiro atoms. The molecule has 1 aromatic rings. The van der Waals surface area contributed by atoms with E-state index in [1.807, 2.05) is 0 Å². The number of nitrogens with one attached hydrogen (secondary N) is 1. The van der Waals surface area contributed by atoms with Gasteiger partial charge in [0.2, 0.25) is 5.91 Å². The van der Waals surface area contributed by atoms with Gasteiger partial charge in [0.1, 0.15) is 6.04 Å². The SMILES string of the molecule is CCC(C)(CC(CC(CC(C)(C)C(=O)OC)C(=O)O)C(=O)NC(Cc1ccc(O)c(O)c1)C(=O)OC)C(=O)OC. The molecule has 0 aliphatic heterocycles. The third-order valence-corrected chi connectivity index (χ3v) is 7.22. The molecular formula is C28H41NO11. The number of benzene rings is 1. The van der Waals surface area contributed by atoms with Crippen molar-refractivity contribution in [2.75, 3.05) is 21.3 Å². The second-order valence-corrected chi connectivity index (χ2v) is 10.8. The molecule has 224 valence electrons. The Balaban J connectivity index is 3.42. The lowest BCUT2D eigenvalue weighted by Gasteiger charge is -2.32. The molecule has 0 saturated carbocycles. The van der Waals surface area contributed by atoms with E-state index in [1.54, 1.807) is 13.8 Å². The largest absolute Gasteiger partial charge is 0.504 e. The molecule has 1 aromatic carbocycles. The Morgan fingerprint density at radius 1 is 0.875 bits per heavy atom. The van der Waals surface area contributed by atoms with Crippen molar-refractivity contribution in [2.45, 2.75) is 65.8 Å². The molecule has 0 aliphatic carbocycles. The zero-order chi connectivity index (χ0) is 30.8. The monoisotopic (exact) mass is 567 g/mol. The number of aliphatic carboxylic acids is 1. The van der Waals surface area contributed by atoms with Gasteiger partial charge in [0, 0.05) is 12.3 Å². The van der Waals surface area contributed by atoms with Gasteiger partial charge >= 0.3 is 23.9 Å². The minimum absolute atomic E-state index is 0.0989. The van der Waals surface area contributed by atoms with Crippen molar-refractivity contribution in [2.24, 2.45) is 22.7 Å². The van der Waals surface area contributed by atoms with Crippen molar-refractivity contribution in [3.63, 3.8) is 0 Å². The fourth-order valence-corrected chi connectivity index (χ4v) is 4.59. The summed E-state index contributed by atoms with van der Waals surface area (Å²) in [5, 5.41) is 32.0. The van der Waals surface area contributed by atoms with E-state index < -0.39 is 64.2 Å². The van der Waals surface area contributed by atoms with Gasteiger partial charge in [0.15, 0.2) is 11.5 Å². The van der Waals surface area contributed by atoms with Crippen LogP contribution in [0.3, 0.4) is 0 Å². The van der Waals surface area contributed by atoms with Gasteiger partial charge in [-0.2, -0.15) is 0 Å². The lowest BCUT2D eigenvalue weighted by atomic mass is 9.73. The molecule has 0 heterocycles. The summed E-state index contributed by atoms with van der Waals surface area (Å²) in [7, 11) is 3.54. The van der Waals surface area contributed by atoms with Crippen LogP contribution in [0, 0.1) is 22.7 Å². The number of hydrogen-bond acceptors (Lipinski definition) is 10. The van der Waals surface area contributed by atoms with Gasteiger partial charge in [-0.3, -0.25) is 19.2 Å². The van der Waals surface area contributed by atoms with Crippen LogP contribution < -0.4 is 5.32 Å². The molecular weight excluding hydrogens is 526 g/mol. The maximum Gasteiger partial charge on any atom is 0.328 e. The summed E-state index contributed by atoms with van der Waals surface area (Å²) in [6, 6.07) is 2.68. The van der Waals surface area contributed by atoms with Crippen molar-refractivity contribution in [1.82, 2.24) is 5.32 Å². The van der Waals surface area contributed by atoms with Crippen molar-refractivity contribution in [3.05, 3.63) is 23.8 Å². The number of carboxylic acid groups (broad SMARTS) is 1. The summed E-state index contributed by atoms with van der Waals surface area (Å²) in [5.74, 6) is -6.98. The maximum absolute atomic E-state index is 13.7. The van der Waals surface area contributed by atoms with Crippen LogP contribution in [0.2, 0.25) is 0 Å². The van der Waals surface area contributed by atoms with Crippen LogP contribution in [0.1, 0.15) is 58.9 Å².